The minimum absolute atomic E-state index is 0.00898. The molecule has 1 heterocycles. The lowest BCUT2D eigenvalue weighted by Gasteiger charge is -2.41. The van der Waals surface area contributed by atoms with Crippen LogP contribution >= 0.6 is 0 Å². The first-order valence-electron chi connectivity index (χ1n) is 6.82. The molecule has 0 fully saturated rings. The number of carbonyl (C=O) groups is 1. The summed E-state index contributed by atoms with van der Waals surface area (Å²) in [6.45, 7) is 7.57. The number of hydrogen-bond donors (Lipinski definition) is 2. The Morgan fingerprint density at radius 1 is 1.40 bits per heavy atom. The molecule has 5 nitrogen and oxygen atoms in total. The van der Waals surface area contributed by atoms with Gasteiger partial charge in [0.15, 0.2) is 5.60 Å². The molecule has 1 unspecified atom stereocenters. The molecule has 1 atom stereocenters. The van der Waals surface area contributed by atoms with Crippen molar-refractivity contribution in [1.29, 1.82) is 0 Å². The smallest absolute Gasteiger partial charge is 0.270 e. The Balaban J connectivity index is 2.54. The fourth-order valence-corrected chi connectivity index (χ4v) is 2.38. The van der Waals surface area contributed by atoms with Gasteiger partial charge in [-0.1, -0.05) is 6.07 Å². The van der Waals surface area contributed by atoms with Gasteiger partial charge in [0.25, 0.3) is 5.91 Å². The molecule has 0 saturated carbocycles. The molecule has 1 amide bonds. The number of hydrogen-bond acceptors (Lipinski definition) is 4. The van der Waals surface area contributed by atoms with Crippen molar-refractivity contribution < 1.29 is 14.6 Å². The molecule has 0 aliphatic carbocycles. The Labute approximate surface area is 119 Å². The van der Waals surface area contributed by atoms with Gasteiger partial charge in [-0.15, -0.1) is 0 Å². The van der Waals surface area contributed by atoms with Crippen LogP contribution in [0.1, 0.15) is 39.4 Å². The van der Waals surface area contributed by atoms with Gasteiger partial charge in [0, 0.05) is 12.6 Å². The summed E-state index contributed by atoms with van der Waals surface area (Å²) in [6, 6.07) is 5.35. The zero-order chi connectivity index (χ0) is 15.1. The molecule has 1 aromatic rings. The first-order valence-corrected chi connectivity index (χ1v) is 6.82. The van der Waals surface area contributed by atoms with Crippen LogP contribution in [0.4, 0.5) is 5.69 Å². The highest BCUT2D eigenvalue weighted by molar-refractivity contribution is 6.02. The van der Waals surface area contributed by atoms with E-state index in [4.69, 9.17) is 10.5 Å². The van der Waals surface area contributed by atoms with Crippen molar-refractivity contribution >= 4 is 11.6 Å². The van der Waals surface area contributed by atoms with Crippen LogP contribution in [0.15, 0.2) is 18.2 Å². The molecular formula is C15H22N2O3. The summed E-state index contributed by atoms with van der Waals surface area (Å²) in [6.07, 6.45) is -0.737. The van der Waals surface area contributed by atoms with Crippen molar-refractivity contribution in [2.75, 3.05) is 11.4 Å². The lowest BCUT2D eigenvalue weighted by atomic mass is 10.00. The summed E-state index contributed by atoms with van der Waals surface area (Å²) < 4.78 is 5.78. The highest BCUT2D eigenvalue weighted by atomic mass is 16.5. The number of fused-ring (bicyclic) bond motifs is 1. The van der Waals surface area contributed by atoms with Crippen molar-refractivity contribution in [1.82, 2.24) is 0 Å². The maximum atomic E-state index is 12.5. The van der Waals surface area contributed by atoms with Gasteiger partial charge in [-0.25, -0.2) is 0 Å². The standard InChI is InChI=1S/C15H22N2O3/c1-9(2)17-11-7-10(12(18)8-16)5-6-13(11)20-15(3,4)14(17)19/h5-7,9,12,18H,8,16H2,1-4H3. The average molecular weight is 278 g/mol. The second-order valence-electron chi connectivity index (χ2n) is 5.86. The first-order chi connectivity index (χ1) is 9.27. The lowest BCUT2D eigenvalue weighted by Crippen LogP contribution is -2.54. The Bertz CT molecular complexity index is 526. The predicted octanol–water partition coefficient (Wildman–Crippen LogP) is 1.59. The largest absolute Gasteiger partial charge is 0.476 e. The second kappa shape index (κ2) is 5.07. The van der Waals surface area contributed by atoms with Gasteiger partial charge in [-0.3, -0.25) is 4.79 Å². The third kappa shape index (κ3) is 2.39. The van der Waals surface area contributed by atoms with E-state index in [1.54, 1.807) is 36.9 Å². The minimum atomic E-state index is -0.884. The van der Waals surface area contributed by atoms with Gasteiger partial charge in [0.1, 0.15) is 5.75 Å². The maximum absolute atomic E-state index is 12.5. The predicted molar refractivity (Wildman–Crippen MR) is 77.8 cm³/mol. The second-order valence-corrected chi connectivity index (χ2v) is 5.86. The summed E-state index contributed by atoms with van der Waals surface area (Å²) in [4.78, 5) is 14.2. The molecule has 0 aromatic heterocycles. The fraction of sp³-hybridized carbons (Fsp3) is 0.533. The van der Waals surface area contributed by atoms with Crippen LogP contribution in [0.25, 0.3) is 0 Å². The Kier molecular flexibility index (Phi) is 3.75. The topological polar surface area (TPSA) is 75.8 Å². The quantitative estimate of drug-likeness (QED) is 0.880. The zero-order valence-corrected chi connectivity index (χ0v) is 12.4. The molecule has 2 rings (SSSR count). The number of aliphatic hydroxyl groups excluding tert-OH is 1. The summed E-state index contributed by atoms with van der Waals surface area (Å²) >= 11 is 0. The first kappa shape index (κ1) is 14.8. The monoisotopic (exact) mass is 278 g/mol. The van der Waals surface area contributed by atoms with E-state index in [0.717, 1.165) is 0 Å². The molecular weight excluding hydrogens is 256 g/mol. The summed E-state index contributed by atoms with van der Waals surface area (Å²) in [5, 5.41) is 9.86. The van der Waals surface area contributed by atoms with Crippen molar-refractivity contribution in [3.8, 4) is 5.75 Å². The molecule has 1 aliphatic heterocycles. The molecule has 0 radical (unpaired) electrons. The normalized spacial score (nSPS) is 18.8. The average Bonchev–Trinajstić information content (AvgIpc) is 2.38. The summed E-state index contributed by atoms with van der Waals surface area (Å²) in [5.41, 5.74) is 5.98. The zero-order valence-electron chi connectivity index (χ0n) is 12.4. The minimum Gasteiger partial charge on any atom is -0.476 e. The van der Waals surface area contributed by atoms with E-state index in [9.17, 15) is 9.90 Å². The van der Waals surface area contributed by atoms with E-state index in [0.29, 0.717) is 17.0 Å². The molecule has 110 valence electrons. The van der Waals surface area contributed by atoms with E-state index in [1.165, 1.54) is 0 Å². The van der Waals surface area contributed by atoms with Crippen molar-refractivity contribution in [3.63, 3.8) is 0 Å². The third-order valence-electron chi connectivity index (χ3n) is 3.47. The number of amides is 1. The van der Waals surface area contributed by atoms with Gasteiger partial charge in [-0.05, 0) is 45.4 Å². The Hall–Kier alpha value is -1.59. The van der Waals surface area contributed by atoms with Crippen molar-refractivity contribution in [2.24, 2.45) is 5.73 Å². The number of ether oxygens (including phenoxy) is 1. The molecule has 3 N–H and O–H groups in total. The molecule has 0 bridgehead atoms. The van der Waals surface area contributed by atoms with E-state index >= 15 is 0 Å². The SMILES string of the molecule is CC(C)N1C(=O)C(C)(C)Oc2ccc(C(O)CN)cc21. The van der Waals surface area contributed by atoms with E-state index in [1.807, 2.05) is 13.8 Å². The molecule has 0 spiro atoms. The number of nitrogens with two attached hydrogens (primary N) is 1. The number of nitrogens with zero attached hydrogens (tertiary/aromatic N) is 1. The third-order valence-corrected chi connectivity index (χ3v) is 3.47. The van der Waals surface area contributed by atoms with Crippen LogP contribution < -0.4 is 15.4 Å². The van der Waals surface area contributed by atoms with Gasteiger partial charge >= 0.3 is 0 Å². The van der Waals surface area contributed by atoms with Crippen molar-refractivity contribution in [2.45, 2.75) is 45.4 Å². The number of anilines is 1. The van der Waals surface area contributed by atoms with E-state index in [-0.39, 0.29) is 18.5 Å². The summed E-state index contributed by atoms with van der Waals surface area (Å²) in [7, 11) is 0. The van der Waals surface area contributed by atoms with E-state index < -0.39 is 11.7 Å². The van der Waals surface area contributed by atoms with Crippen LogP contribution in [-0.2, 0) is 4.79 Å². The molecule has 20 heavy (non-hydrogen) atoms. The van der Waals surface area contributed by atoms with Gasteiger partial charge < -0.3 is 20.5 Å². The number of carbonyl (C=O) groups excluding carboxylic acids is 1. The van der Waals surface area contributed by atoms with Crippen LogP contribution in [0.3, 0.4) is 0 Å². The van der Waals surface area contributed by atoms with Gasteiger partial charge in [0.05, 0.1) is 11.8 Å². The van der Waals surface area contributed by atoms with Crippen LogP contribution in [-0.4, -0.2) is 29.2 Å². The highest BCUT2D eigenvalue weighted by Crippen LogP contribution is 2.40. The number of benzene rings is 1. The van der Waals surface area contributed by atoms with Gasteiger partial charge in [0.2, 0.25) is 0 Å². The maximum Gasteiger partial charge on any atom is 0.270 e. The number of rotatable bonds is 3. The highest BCUT2D eigenvalue weighted by Gasteiger charge is 2.42. The van der Waals surface area contributed by atoms with E-state index in [2.05, 4.69) is 0 Å². The van der Waals surface area contributed by atoms with Crippen LogP contribution in [0.2, 0.25) is 0 Å². The summed E-state index contributed by atoms with van der Waals surface area (Å²) in [5.74, 6) is 0.565. The van der Waals surface area contributed by atoms with Crippen LogP contribution in [0, 0.1) is 0 Å². The van der Waals surface area contributed by atoms with Crippen molar-refractivity contribution in [3.05, 3.63) is 23.8 Å². The Morgan fingerprint density at radius 2 is 2.05 bits per heavy atom. The van der Waals surface area contributed by atoms with Gasteiger partial charge in [-0.2, -0.15) is 0 Å². The fourth-order valence-electron chi connectivity index (χ4n) is 2.38. The molecule has 1 aliphatic rings. The van der Waals surface area contributed by atoms with Crippen LogP contribution in [0.5, 0.6) is 5.75 Å². The lowest BCUT2D eigenvalue weighted by molar-refractivity contribution is -0.133. The molecule has 5 heteroatoms. The number of aliphatic hydroxyl groups is 1. The Morgan fingerprint density at radius 3 is 2.60 bits per heavy atom. The molecule has 0 saturated heterocycles. The molecule has 1 aromatic carbocycles.